The van der Waals surface area contributed by atoms with E-state index in [-0.39, 0.29) is 5.91 Å². The van der Waals surface area contributed by atoms with Gasteiger partial charge in [-0.15, -0.1) is 0 Å². The minimum absolute atomic E-state index is 0.382. The molecule has 1 N–H and O–H groups in total. The summed E-state index contributed by atoms with van der Waals surface area (Å²) in [5.41, 5.74) is 3.48. The zero-order chi connectivity index (χ0) is 20.2. The van der Waals surface area contributed by atoms with Gasteiger partial charge in [-0.2, -0.15) is 10.1 Å². The van der Waals surface area contributed by atoms with Crippen LogP contribution in [0.3, 0.4) is 0 Å². The lowest BCUT2D eigenvalue weighted by Gasteiger charge is -2.15. The van der Waals surface area contributed by atoms with Crippen molar-refractivity contribution in [2.24, 2.45) is 11.0 Å². The number of carbonyl (C=O) groups is 2. The van der Waals surface area contributed by atoms with Crippen LogP contribution in [0.15, 0.2) is 84.2 Å². The number of hydrazone groups is 1. The number of nitrogens with one attached hydrogen (secondary N) is 1. The maximum absolute atomic E-state index is 13.2. The number of para-hydroxylation sites is 1. The molecule has 2 heterocycles. The molecule has 6 heteroatoms. The van der Waals surface area contributed by atoms with Gasteiger partial charge in [-0.25, -0.2) is 0 Å². The normalized spacial score (nSPS) is 15.9. The zero-order valence-corrected chi connectivity index (χ0v) is 15.9. The summed E-state index contributed by atoms with van der Waals surface area (Å²) in [7, 11) is 0. The number of aromatic nitrogens is 1. The Bertz CT molecular complexity index is 1060. The van der Waals surface area contributed by atoms with E-state index in [1.807, 2.05) is 49.4 Å². The average molecular weight is 384 g/mol. The summed E-state index contributed by atoms with van der Waals surface area (Å²) in [6, 6.07) is 20.2. The first-order valence-electron chi connectivity index (χ1n) is 9.45. The van der Waals surface area contributed by atoms with Gasteiger partial charge in [0.25, 0.3) is 5.91 Å². The molecule has 4 rings (SSSR count). The molecule has 0 aliphatic carbocycles. The predicted molar refractivity (Wildman–Crippen MR) is 113 cm³/mol. The summed E-state index contributed by atoms with van der Waals surface area (Å²) in [4.78, 5) is 30.3. The number of carbonyl (C=O) groups excluding carboxylic acids is 2. The van der Waals surface area contributed by atoms with E-state index in [2.05, 4.69) is 15.4 Å². The largest absolute Gasteiger partial charge is 0.325 e. The second kappa shape index (κ2) is 8.06. The highest BCUT2D eigenvalue weighted by Gasteiger charge is 2.42. The fourth-order valence-electron chi connectivity index (χ4n) is 3.27. The average Bonchev–Trinajstić information content (AvgIpc) is 3.12. The molecule has 1 atom stereocenters. The molecule has 0 saturated heterocycles. The number of aryl methyl sites for hydroxylation is 1. The Morgan fingerprint density at radius 2 is 1.79 bits per heavy atom. The first kappa shape index (κ1) is 18.6. The lowest BCUT2D eigenvalue weighted by molar-refractivity contribution is -0.127. The van der Waals surface area contributed by atoms with Crippen LogP contribution in [0.2, 0.25) is 0 Å². The number of hydrogen-bond donors (Lipinski definition) is 1. The Labute approximate surface area is 168 Å². The van der Waals surface area contributed by atoms with Crippen LogP contribution in [0.4, 0.5) is 11.4 Å². The van der Waals surface area contributed by atoms with E-state index in [0.29, 0.717) is 22.6 Å². The van der Waals surface area contributed by atoms with E-state index in [9.17, 15) is 9.59 Å². The van der Waals surface area contributed by atoms with E-state index in [4.69, 9.17) is 0 Å². The van der Waals surface area contributed by atoms with Gasteiger partial charge in [0.1, 0.15) is 0 Å². The molecule has 1 aromatic heterocycles. The molecule has 0 radical (unpaired) electrons. The number of nitrogens with zero attached hydrogens (tertiary/aromatic N) is 3. The smallest absolute Gasteiger partial charge is 0.266 e. The van der Waals surface area contributed by atoms with Crippen LogP contribution >= 0.6 is 0 Å². The second-order valence-corrected chi connectivity index (χ2v) is 6.68. The molecule has 0 bridgehead atoms. The summed E-state index contributed by atoms with van der Waals surface area (Å²) in [5.74, 6) is -1.83. The maximum Gasteiger partial charge on any atom is 0.266 e. The molecule has 1 aliphatic heterocycles. The first-order chi connectivity index (χ1) is 14.2. The van der Waals surface area contributed by atoms with Crippen molar-refractivity contribution in [2.75, 3.05) is 10.3 Å². The number of benzene rings is 2. The van der Waals surface area contributed by atoms with Gasteiger partial charge in [-0.05, 0) is 48.4 Å². The number of amides is 2. The van der Waals surface area contributed by atoms with E-state index >= 15 is 0 Å². The molecule has 0 fully saturated rings. The molecular formula is C23H20N4O2. The molecular weight excluding hydrogens is 364 g/mol. The topological polar surface area (TPSA) is 74.7 Å². The Balaban J connectivity index is 1.69. The number of pyridine rings is 1. The van der Waals surface area contributed by atoms with Gasteiger partial charge in [0.15, 0.2) is 5.92 Å². The molecule has 2 amide bonds. The third kappa shape index (κ3) is 3.78. The number of anilines is 2. The molecule has 3 aromatic rings. The van der Waals surface area contributed by atoms with Crippen LogP contribution in [0.5, 0.6) is 0 Å². The van der Waals surface area contributed by atoms with Gasteiger partial charge in [-0.3, -0.25) is 14.6 Å². The van der Waals surface area contributed by atoms with Crippen molar-refractivity contribution < 1.29 is 9.59 Å². The van der Waals surface area contributed by atoms with E-state index in [1.165, 1.54) is 5.01 Å². The molecule has 0 saturated carbocycles. The van der Waals surface area contributed by atoms with E-state index in [1.54, 1.807) is 36.7 Å². The Morgan fingerprint density at radius 3 is 2.52 bits per heavy atom. The monoisotopic (exact) mass is 384 g/mol. The molecule has 2 aromatic carbocycles. The van der Waals surface area contributed by atoms with Crippen LogP contribution in [-0.4, -0.2) is 22.5 Å². The van der Waals surface area contributed by atoms with Gasteiger partial charge in [0.2, 0.25) is 5.91 Å². The first-order valence-corrected chi connectivity index (χ1v) is 9.45. The van der Waals surface area contributed by atoms with Crippen molar-refractivity contribution in [1.29, 1.82) is 0 Å². The van der Waals surface area contributed by atoms with Gasteiger partial charge < -0.3 is 5.32 Å². The summed E-state index contributed by atoms with van der Waals surface area (Å²) < 4.78 is 0. The minimum Gasteiger partial charge on any atom is -0.325 e. The van der Waals surface area contributed by atoms with Crippen molar-refractivity contribution in [2.45, 2.75) is 13.3 Å². The predicted octanol–water partition coefficient (Wildman–Crippen LogP) is 3.65. The summed E-state index contributed by atoms with van der Waals surface area (Å²) in [6.07, 6.45) is 4.10. The Kier molecular flexibility index (Phi) is 5.16. The standard InChI is InChI=1S/C23H20N4O2/c1-2-16-7-6-8-18(15-16)25-22(28)20-21(17-11-13-24-14-12-17)26-27(23(20)29)19-9-4-3-5-10-19/h3-15,20H,2H2,1H3,(H,25,28). The van der Waals surface area contributed by atoms with Crippen molar-refractivity contribution in [3.05, 3.63) is 90.3 Å². The van der Waals surface area contributed by atoms with Gasteiger partial charge in [0, 0.05) is 23.6 Å². The summed E-state index contributed by atoms with van der Waals surface area (Å²) in [6.45, 7) is 2.05. The molecule has 1 unspecified atom stereocenters. The fraction of sp³-hybridized carbons (Fsp3) is 0.130. The zero-order valence-electron chi connectivity index (χ0n) is 15.9. The van der Waals surface area contributed by atoms with Crippen LogP contribution in [0, 0.1) is 5.92 Å². The Morgan fingerprint density at radius 1 is 1.03 bits per heavy atom. The Hall–Kier alpha value is -3.80. The molecule has 1 aliphatic rings. The van der Waals surface area contributed by atoms with Crippen molar-refractivity contribution in [1.82, 2.24) is 4.98 Å². The fourth-order valence-corrected chi connectivity index (χ4v) is 3.27. The summed E-state index contributed by atoms with van der Waals surface area (Å²) in [5, 5.41) is 8.67. The van der Waals surface area contributed by atoms with Crippen molar-refractivity contribution in [3.63, 3.8) is 0 Å². The number of rotatable bonds is 5. The van der Waals surface area contributed by atoms with E-state index < -0.39 is 11.8 Å². The highest BCUT2D eigenvalue weighted by Crippen LogP contribution is 2.27. The van der Waals surface area contributed by atoms with Crippen LogP contribution < -0.4 is 10.3 Å². The second-order valence-electron chi connectivity index (χ2n) is 6.68. The minimum atomic E-state index is -1.04. The highest BCUT2D eigenvalue weighted by molar-refractivity contribution is 6.33. The molecule has 6 nitrogen and oxygen atoms in total. The summed E-state index contributed by atoms with van der Waals surface area (Å²) >= 11 is 0. The van der Waals surface area contributed by atoms with Gasteiger partial charge in [-0.1, -0.05) is 37.3 Å². The van der Waals surface area contributed by atoms with E-state index in [0.717, 1.165) is 12.0 Å². The number of hydrogen-bond acceptors (Lipinski definition) is 4. The van der Waals surface area contributed by atoms with Crippen LogP contribution in [0.25, 0.3) is 0 Å². The third-order valence-corrected chi connectivity index (χ3v) is 4.78. The van der Waals surface area contributed by atoms with Crippen molar-refractivity contribution in [3.8, 4) is 0 Å². The maximum atomic E-state index is 13.2. The van der Waals surface area contributed by atoms with Gasteiger partial charge >= 0.3 is 0 Å². The van der Waals surface area contributed by atoms with Crippen LogP contribution in [-0.2, 0) is 16.0 Å². The third-order valence-electron chi connectivity index (χ3n) is 4.78. The van der Waals surface area contributed by atoms with Gasteiger partial charge in [0.05, 0.1) is 11.4 Å². The molecule has 144 valence electrons. The van der Waals surface area contributed by atoms with Crippen molar-refractivity contribution >= 4 is 28.9 Å². The molecule has 0 spiro atoms. The highest BCUT2D eigenvalue weighted by atomic mass is 16.2. The molecule has 29 heavy (non-hydrogen) atoms. The SMILES string of the molecule is CCc1cccc(NC(=O)C2C(=O)N(c3ccccc3)N=C2c2ccncc2)c1. The van der Waals surface area contributed by atoms with Crippen LogP contribution in [0.1, 0.15) is 18.1 Å². The quantitative estimate of drug-likeness (QED) is 0.683. The lowest BCUT2D eigenvalue weighted by atomic mass is 9.96. The lowest BCUT2D eigenvalue weighted by Crippen LogP contribution is -2.37.